The van der Waals surface area contributed by atoms with Crippen LogP contribution in [0.2, 0.25) is 0 Å². The number of nitrogens with zero attached hydrogens (tertiary/aromatic N) is 1. The number of ketones is 1. The number of nitrogens with one attached hydrogen (secondary N) is 4. The molecule has 0 aliphatic rings. The van der Waals surface area contributed by atoms with E-state index >= 15 is 0 Å². The van der Waals surface area contributed by atoms with Crippen LogP contribution in [0.15, 0.2) is 66.3 Å². The van der Waals surface area contributed by atoms with Crippen LogP contribution in [0, 0.1) is 0 Å². The summed E-state index contributed by atoms with van der Waals surface area (Å²) in [6, 6.07) is 13.4. The van der Waals surface area contributed by atoms with E-state index in [-0.39, 0.29) is 42.5 Å². The lowest BCUT2D eigenvalue weighted by atomic mass is 10.0. The van der Waals surface area contributed by atoms with E-state index in [1.54, 1.807) is 12.3 Å². The fourth-order valence-electron chi connectivity index (χ4n) is 4.31. The van der Waals surface area contributed by atoms with E-state index in [1.807, 2.05) is 54.7 Å². The first-order chi connectivity index (χ1) is 19.4. The van der Waals surface area contributed by atoms with Gasteiger partial charge in [-0.1, -0.05) is 49.4 Å². The van der Waals surface area contributed by atoms with Crippen molar-refractivity contribution in [3.05, 3.63) is 88.0 Å². The summed E-state index contributed by atoms with van der Waals surface area (Å²) in [6.45, 7) is 1.73. The van der Waals surface area contributed by atoms with Crippen LogP contribution in [0.3, 0.4) is 0 Å². The van der Waals surface area contributed by atoms with Gasteiger partial charge in [-0.2, -0.15) is 0 Å². The zero-order valence-electron chi connectivity index (χ0n) is 22.1. The number of aromatic nitrogens is 2. The van der Waals surface area contributed by atoms with Gasteiger partial charge >= 0.3 is 0 Å². The summed E-state index contributed by atoms with van der Waals surface area (Å²) in [5.41, 5.74) is 9.25. The number of nitrogens with two attached hydrogens (primary N) is 1. The van der Waals surface area contributed by atoms with Crippen molar-refractivity contribution in [1.82, 2.24) is 25.9 Å². The number of H-pyrrole nitrogens is 1. The standard InChI is InChI=1S/C29H32N6O4S/c1-2-25(36)35-24(13-18-7-9-19(15-30)10-8-18)28(39)33-17-26(37)34-23(27(38)29-31-11-12-40-29)14-20-16-32-22-6-4-3-5-21(20)22/h3-12,16,23-24,32H,2,13-15,17,30H2,1H3,(H,33,39)(H,34,37)(H,35,36). The number of rotatable bonds is 13. The van der Waals surface area contributed by atoms with Gasteiger partial charge in [-0.25, -0.2) is 4.98 Å². The number of para-hydroxylation sites is 1. The molecule has 0 bridgehead atoms. The van der Waals surface area contributed by atoms with Crippen molar-refractivity contribution in [3.8, 4) is 0 Å². The minimum atomic E-state index is -0.883. The molecule has 2 aromatic carbocycles. The lowest BCUT2D eigenvalue weighted by molar-refractivity contribution is -0.130. The van der Waals surface area contributed by atoms with Crippen LogP contribution < -0.4 is 21.7 Å². The molecule has 0 fully saturated rings. The van der Waals surface area contributed by atoms with Gasteiger partial charge in [0.15, 0.2) is 5.01 Å². The monoisotopic (exact) mass is 560 g/mol. The molecule has 2 unspecified atom stereocenters. The fraction of sp³-hybridized carbons (Fsp3) is 0.276. The lowest BCUT2D eigenvalue weighted by Crippen LogP contribution is -2.51. The number of hydrogen-bond acceptors (Lipinski definition) is 7. The van der Waals surface area contributed by atoms with Crippen molar-refractivity contribution in [2.45, 2.75) is 44.8 Å². The topological polar surface area (TPSA) is 159 Å². The average Bonchev–Trinajstić information content (AvgIpc) is 3.66. The molecule has 2 heterocycles. The number of carbonyl (C=O) groups is 4. The van der Waals surface area contributed by atoms with Gasteiger partial charge in [0.2, 0.25) is 23.5 Å². The van der Waals surface area contributed by atoms with Crippen LogP contribution in [0.25, 0.3) is 10.9 Å². The van der Waals surface area contributed by atoms with E-state index in [0.717, 1.165) is 27.6 Å². The molecule has 6 N–H and O–H groups in total. The SMILES string of the molecule is CCC(=O)NC(Cc1ccc(CN)cc1)C(=O)NCC(=O)NC(Cc1c[nH]c2ccccc12)C(=O)c1nccs1. The molecule has 0 radical (unpaired) electrons. The molecule has 11 heteroatoms. The van der Waals surface area contributed by atoms with E-state index in [0.29, 0.717) is 6.54 Å². The summed E-state index contributed by atoms with van der Waals surface area (Å²) in [5.74, 6) is -1.62. The molecule has 4 aromatic rings. The summed E-state index contributed by atoms with van der Waals surface area (Å²) >= 11 is 1.20. The summed E-state index contributed by atoms with van der Waals surface area (Å²) in [6.07, 6.45) is 4.06. The molecule has 0 saturated heterocycles. The van der Waals surface area contributed by atoms with Crippen molar-refractivity contribution in [1.29, 1.82) is 0 Å². The average molecular weight is 561 g/mol. The van der Waals surface area contributed by atoms with Crippen LogP contribution in [-0.2, 0) is 33.8 Å². The first-order valence-corrected chi connectivity index (χ1v) is 13.9. The van der Waals surface area contributed by atoms with Crippen LogP contribution in [0.5, 0.6) is 0 Å². The molecule has 0 spiro atoms. The van der Waals surface area contributed by atoms with E-state index in [9.17, 15) is 19.2 Å². The number of amides is 3. The Morgan fingerprint density at radius 3 is 2.38 bits per heavy atom. The predicted molar refractivity (Wildman–Crippen MR) is 154 cm³/mol. The Bertz CT molecular complexity index is 1470. The Kier molecular flexibility index (Phi) is 9.76. The highest BCUT2D eigenvalue weighted by molar-refractivity contribution is 7.11. The van der Waals surface area contributed by atoms with Gasteiger partial charge < -0.3 is 26.7 Å². The molecule has 4 rings (SSSR count). The fourth-order valence-corrected chi connectivity index (χ4v) is 4.94. The Balaban J connectivity index is 1.43. The Morgan fingerprint density at radius 1 is 0.950 bits per heavy atom. The highest BCUT2D eigenvalue weighted by Crippen LogP contribution is 2.20. The van der Waals surface area contributed by atoms with E-state index < -0.39 is 23.9 Å². The minimum Gasteiger partial charge on any atom is -0.361 e. The second-order valence-electron chi connectivity index (χ2n) is 9.30. The molecule has 2 aromatic heterocycles. The Labute approximate surface area is 235 Å². The van der Waals surface area contributed by atoms with Crippen molar-refractivity contribution in [3.63, 3.8) is 0 Å². The maximum Gasteiger partial charge on any atom is 0.243 e. The van der Waals surface area contributed by atoms with Crippen LogP contribution in [-0.4, -0.2) is 52.1 Å². The highest BCUT2D eigenvalue weighted by Gasteiger charge is 2.27. The Morgan fingerprint density at radius 2 is 1.68 bits per heavy atom. The molecule has 0 saturated carbocycles. The lowest BCUT2D eigenvalue weighted by Gasteiger charge is -2.20. The van der Waals surface area contributed by atoms with E-state index in [2.05, 4.69) is 25.9 Å². The largest absolute Gasteiger partial charge is 0.361 e. The van der Waals surface area contributed by atoms with E-state index in [4.69, 9.17) is 5.73 Å². The molecule has 0 aliphatic heterocycles. The number of thiazole rings is 1. The summed E-state index contributed by atoms with van der Waals surface area (Å²) in [5, 5.41) is 11.0. The first-order valence-electron chi connectivity index (χ1n) is 13.0. The third kappa shape index (κ3) is 7.39. The van der Waals surface area contributed by atoms with Gasteiger partial charge in [0.05, 0.1) is 12.6 Å². The Hall–Kier alpha value is -4.35. The van der Waals surface area contributed by atoms with Crippen molar-refractivity contribution in [2.75, 3.05) is 6.54 Å². The van der Waals surface area contributed by atoms with Gasteiger partial charge in [-0.05, 0) is 22.8 Å². The number of hydrogen-bond donors (Lipinski definition) is 5. The van der Waals surface area contributed by atoms with Crippen molar-refractivity contribution < 1.29 is 19.2 Å². The molecule has 0 aliphatic carbocycles. The minimum absolute atomic E-state index is 0.213. The van der Waals surface area contributed by atoms with Gasteiger partial charge in [-0.3, -0.25) is 19.2 Å². The molecule has 40 heavy (non-hydrogen) atoms. The molecule has 208 valence electrons. The quantitative estimate of drug-likeness (QED) is 0.158. The number of carbonyl (C=O) groups excluding carboxylic acids is 4. The number of benzene rings is 2. The first kappa shape index (κ1) is 28.7. The summed E-state index contributed by atoms with van der Waals surface area (Å²) in [4.78, 5) is 58.6. The second-order valence-corrected chi connectivity index (χ2v) is 10.2. The zero-order valence-corrected chi connectivity index (χ0v) is 22.9. The van der Waals surface area contributed by atoms with Crippen LogP contribution in [0.4, 0.5) is 0 Å². The zero-order chi connectivity index (χ0) is 28.5. The maximum atomic E-state index is 13.2. The third-order valence-corrected chi connectivity index (χ3v) is 7.28. The predicted octanol–water partition coefficient (Wildman–Crippen LogP) is 2.25. The van der Waals surface area contributed by atoms with Gasteiger partial charge in [0, 0.05) is 54.5 Å². The normalized spacial score (nSPS) is 12.4. The van der Waals surface area contributed by atoms with Gasteiger partial charge in [-0.15, -0.1) is 11.3 Å². The van der Waals surface area contributed by atoms with E-state index in [1.165, 1.54) is 17.5 Å². The molecule has 2 atom stereocenters. The molecular formula is C29H32N6O4S. The van der Waals surface area contributed by atoms with Crippen molar-refractivity contribution >= 4 is 45.7 Å². The number of aromatic amines is 1. The smallest absolute Gasteiger partial charge is 0.243 e. The van der Waals surface area contributed by atoms with Crippen LogP contribution in [0.1, 0.15) is 39.8 Å². The van der Waals surface area contributed by atoms with Crippen molar-refractivity contribution in [2.24, 2.45) is 5.73 Å². The number of Topliss-reactive ketones (excluding diaryl/α,β-unsaturated/α-hetero) is 1. The van der Waals surface area contributed by atoms with Gasteiger partial charge in [0.1, 0.15) is 6.04 Å². The van der Waals surface area contributed by atoms with Crippen LogP contribution >= 0.6 is 11.3 Å². The highest BCUT2D eigenvalue weighted by atomic mass is 32.1. The summed E-state index contributed by atoms with van der Waals surface area (Å²) in [7, 11) is 0. The molecule has 3 amide bonds. The second kappa shape index (κ2) is 13.6. The number of fused-ring (bicyclic) bond motifs is 1. The maximum absolute atomic E-state index is 13.2. The summed E-state index contributed by atoms with van der Waals surface area (Å²) < 4.78 is 0. The molecule has 10 nitrogen and oxygen atoms in total. The van der Waals surface area contributed by atoms with Gasteiger partial charge in [0.25, 0.3) is 0 Å². The third-order valence-electron chi connectivity index (χ3n) is 6.49. The molecular weight excluding hydrogens is 528 g/mol.